The van der Waals surface area contributed by atoms with Crippen LogP contribution in [0, 0.1) is 5.92 Å². The van der Waals surface area contributed by atoms with Crippen LogP contribution in [0.2, 0.25) is 0 Å². The minimum Gasteiger partial charge on any atom is -0.316 e. The normalized spacial score (nSPS) is 26.7. The van der Waals surface area contributed by atoms with E-state index < -0.39 is 0 Å². The number of nitrogens with zero attached hydrogens (tertiary/aromatic N) is 1. The van der Waals surface area contributed by atoms with Gasteiger partial charge in [0.25, 0.3) is 0 Å². The summed E-state index contributed by atoms with van der Waals surface area (Å²) in [5, 5.41) is 3.35. The minimum atomic E-state index is 0.473. The van der Waals surface area contributed by atoms with Crippen molar-refractivity contribution in [3.05, 3.63) is 28.5 Å². The van der Waals surface area contributed by atoms with E-state index in [0.29, 0.717) is 17.7 Å². The number of rotatable bonds is 2. The van der Waals surface area contributed by atoms with E-state index in [9.17, 15) is 0 Å². The van der Waals surface area contributed by atoms with E-state index in [1.165, 1.54) is 0 Å². The molecule has 1 aromatic heterocycles. The first kappa shape index (κ1) is 10.4. The van der Waals surface area contributed by atoms with Crippen LogP contribution < -0.4 is 5.32 Å². The largest absolute Gasteiger partial charge is 0.316 e. The molecule has 76 valence electrons. The molecule has 2 rings (SSSR count). The maximum absolute atomic E-state index is 5.91. The highest BCUT2D eigenvalue weighted by molar-refractivity contribution is 9.10. The Bertz CT molecular complexity index is 301. The van der Waals surface area contributed by atoms with Crippen LogP contribution in [0.3, 0.4) is 0 Å². The summed E-state index contributed by atoms with van der Waals surface area (Å²) in [5.41, 5.74) is 1.14. The Morgan fingerprint density at radius 3 is 3.00 bits per heavy atom. The molecule has 2 atom stereocenters. The molecule has 0 aliphatic carbocycles. The van der Waals surface area contributed by atoms with Crippen molar-refractivity contribution in [1.29, 1.82) is 0 Å². The van der Waals surface area contributed by atoms with Gasteiger partial charge in [0.1, 0.15) is 0 Å². The van der Waals surface area contributed by atoms with Crippen LogP contribution in [-0.4, -0.2) is 24.0 Å². The molecule has 1 aliphatic heterocycles. The molecule has 0 aromatic carbocycles. The molecule has 2 nitrogen and oxygen atoms in total. The van der Waals surface area contributed by atoms with Gasteiger partial charge in [-0.15, -0.1) is 11.6 Å². The van der Waals surface area contributed by atoms with Crippen molar-refractivity contribution >= 4 is 27.5 Å². The maximum atomic E-state index is 5.91. The molecule has 0 saturated carbocycles. The fourth-order valence-corrected chi connectivity index (χ4v) is 2.41. The SMILES string of the molecule is ClCC1CNCC1c1ccc(Br)cn1. The number of aromatic nitrogens is 1. The van der Waals surface area contributed by atoms with Crippen LogP contribution in [0.4, 0.5) is 0 Å². The van der Waals surface area contributed by atoms with Gasteiger partial charge in [0.2, 0.25) is 0 Å². The summed E-state index contributed by atoms with van der Waals surface area (Å²) in [4.78, 5) is 4.41. The zero-order valence-electron chi connectivity index (χ0n) is 7.71. The van der Waals surface area contributed by atoms with Gasteiger partial charge in [-0.25, -0.2) is 0 Å². The Labute approximate surface area is 97.2 Å². The fraction of sp³-hybridized carbons (Fsp3) is 0.500. The molecule has 1 aliphatic rings. The van der Waals surface area contributed by atoms with Crippen LogP contribution in [0.15, 0.2) is 22.8 Å². The molecular weight excluding hydrogens is 263 g/mol. The Morgan fingerprint density at radius 1 is 1.50 bits per heavy atom. The minimum absolute atomic E-state index is 0.473. The van der Waals surface area contributed by atoms with Gasteiger partial charge < -0.3 is 5.32 Å². The van der Waals surface area contributed by atoms with Crippen molar-refractivity contribution in [2.24, 2.45) is 5.92 Å². The predicted octanol–water partition coefficient (Wildman–Crippen LogP) is 2.39. The second-order valence-corrected chi connectivity index (χ2v) is 4.80. The monoisotopic (exact) mass is 274 g/mol. The van der Waals surface area contributed by atoms with Crippen LogP contribution in [0.1, 0.15) is 11.6 Å². The molecule has 0 radical (unpaired) electrons. The highest BCUT2D eigenvalue weighted by atomic mass is 79.9. The standard InChI is InChI=1S/C10H12BrClN2/c11-8-1-2-10(14-5-8)9-6-13-4-7(9)3-12/h1-2,5,7,9,13H,3-4,6H2. The molecule has 0 spiro atoms. The van der Waals surface area contributed by atoms with E-state index in [4.69, 9.17) is 11.6 Å². The topological polar surface area (TPSA) is 24.9 Å². The van der Waals surface area contributed by atoms with Gasteiger partial charge in [-0.05, 0) is 40.5 Å². The number of hydrogen-bond donors (Lipinski definition) is 1. The maximum Gasteiger partial charge on any atom is 0.0451 e. The second-order valence-electron chi connectivity index (χ2n) is 3.58. The van der Waals surface area contributed by atoms with E-state index in [-0.39, 0.29) is 0 Å². The summed E-state index contributed by atoms with van der Waals surface area (Å²) in [7, 11) is 0. The molecule has 2 heterocycles. The lowest BCUT2D eigenvalue weighted by Gasteiger charge is -2.14. The molecule has 0 amide bonds. The lowest BCUT2D eigenvalue weighted by Crippen LogP contribution is -2.13. The molecule has 1 aromatic rings. The Balaban J connectivity index is 2.17. The smallest absolute Gasteiger partial charge is 0.0451 e. The van der Waals surface area contributed by atoms with Gasteiger partial charge in [-0.2, -0.15) is 0 Å². The van der Waals surface area contributed by atoms with Crippen molar-refractivity contribution in [1.82, 2.24) is 10.3 Å². The van der Waals surface area contributed by atoms with E-state index in [1.54, 1.807) is 0 Å². The average molecular weight is 276 g/mol. The van der Waals surface area contributed by atoms with Gasteiger partial charge in [-0.1, -0.05) is 0 Å². The first-order valence-corrected chi connectivity index (χ1v) is 6.02. The first-order valence-electron chi connectivity index (χ1n) is 4.69. The molecule has 2 unspecified atom stereocenters. The van der Waals surface area contributed by atoms with Crippen LogP contribution in [-0.2, 0) is 0 Å². The Kier molecular flexibility index (Phi) is 3.42. The van der Waals surface area contributed by atoms with Crippen molar-refractivity contribution in [2.45, 2.75) is 5.92 Å². The van der Waals surface area contributed by atoms with Gasteiger partial charge in [0, 0.05) is 34.7 Å². The van der Waals surface area contributed by atoms with Crippen molar-refractivity contribution in [2.75, 3.05) is 19.0 Å². The summed E-state index contributed by atoms with van der Waals surface area (Å²) in [5.74, 6) is 1.70. The van der Waals surface area contributed by atoms with E-state index >= 15 is 0 Å². The fourth-order valence-electron chi connectivity index (χ4n) is 1.85. The number of halogens is 2. The molecule has 0 bridgehead atoms. The van der Waals surface area contributed by atoms with Crippen molar-refractivity contribution in [3.8, 4) is 0 Å². The highest BCUT2D eigenvalue weighted by Gasteiger charge is 2.28. The quantitative estimate of drug-likeness (QED) is 0.838. The Hall–Kier alpha value is -0.120. The summed E-state index contributed by atoms with van der Waals surface area (Å²) in [6.07, 6.45) is 1.85. The van der Waals surface area contributed by atoms with E-state index in [1.807, 2.05) is 12.3 Å². The van der Waals surface area contributed by atoms with Crippen LogP contribution >= 0.6 is 27.5 Å². The molecule has 14 heavy (non-hydrogen) atoms. The molecule has 4 heteroatoms. The van der Waals surface area contributed by atoms with Gasteiger partial charge in [0.15, 0.2) is 0 Å². The summed E-state index contributed by atoms with van der Waals surface area (Å²) in [6, 6.07) is 4.10. The number of nitrogens with one attached hydrogen (secondary N) is 1. The van der Waals surface area contributed by atoms with Crippen molar-refractivity contribution in [3.63, 3.8) is 0 Å². The third-order valence-corrected chi connectivity index (χ3v) is 3.53. The second kappa shape index (κ2) is 4.60. The van der Waals surface area contributed by atoms with E-state index in [2.05, 4.69) is 32.3 Å². The number of hydrogen-bond acceptors (Lipinski definition) is 2. The molecule has 1 fully saturated rings. The summed E-state index contributed by atoms with van der Waals surface area (Å²) in [6.45, 7) is 2.00. The summed E-state index contributed by atoms with van der Waals surface area (Å²) >= 11 is 9.29. The Morgan fingerprint density at radius 2 is 2.36 bits per heavy atom. The molecular formula is C10H12BrClN2. The van der Waals surface area contributed by atoms with Crippen molar-refractivity contribution < 1.29 is 0 Å². The van der Waals surface area contributed by atoms with Gasteiger partial charge >= 0.3 is 0 Å². The predicted molar refractivity (Wildman–Crippen MR) is 61.8 cm³/mol. The zero-order valence-corrected chi connectivity index (χ0v) is 10.1. The van der Waals surface area contributed by atoms with Gasteiger partial charge in [0.05, 0.1) is 0 Å². The zero-order chi connectivity index (χ0) is 9.97. The number of alkyl halides is 1. The summed E-state index contributed by atoms with van der Waals surface area (Å²) < 4.78 is 1.02. The third kappa shape index (κ3) is 2.10. The van der Waals surface area contributed by atoms with Crippen LogP contribution in [0.25, 0.3) is 0 Å². The van der Waals surface area contributed by atoms with E-state index in [0.717, 1.165) is 23.3 Å². The van der Waals surface area contributed by atoms with Crippen LogP contribution in [0.5, 0.6) is 0 Å². The lowest BCUT2D eigenvalue weighted by atomic mass is 9.94. The highest BCUT2D eigenvalue weighted by Crippen LogP contribution is 2.27. The number of pyridine rings is 1. The van der Waals surface area contributed by atoms with Gasteiger partial charge in [-0.3, -0.25) is 4.98 Å². The first-order chi connectivity index (χ1) is 6.81. The average Bonchev–Trinajstić information content (AvgIpc) is 2.67. The third-order valence-electron chi connectivity index (χ3n) is 2.67. The molecule has 1 saturated heterocycles. The lowest BCUT2D eigenvalue weighted by molar-refractivity contribution is 0.566. The molecule has 1 N–H and O–H groups in total.